The van der Waals surface area contributed by atoms with Crippen molar-refractivity contribution in [1.29, 1.82) is 0 Å². The number of nitrogens with one attached hydrogen (secondary N) is 1. The molecule has 8 heteroatoms. The lowest BCUT2D eigenvalue weighted by atomic mass is 10.1. The van der Waals surface area contributed by atoms with E-state index in [9.17, 15) is 16.8 Å². The molecule has 2 rings (SSSR count). The summed E-state index contributed by atoms with van der Waals surface area (Å²) in [6.07, 6.45) is 1.57. The Morgan fingerprint density at radius 1 is 1.29 bits per heavy atom. The van der Waals surface area contributed by atoms with E-state index >= 15 is 0 Å². The Bertz CT molecular complexity index is 843. The average molecular weight is 373 g/mol. The minimum absolute atomic E-state index is 0.0422. The summed E-state index contributed by atoms with van der Waals surface area (Å²) in [6, 6.07) is 2.56. The van der Waals surface area contributed by atoms with Crippen LogP contribution >= 0.6 is 0 Å². The number of aryl methyl sites for hydroxylation is 2. The van der Waals surface area contributed by atoms with Crippen LogP contribution in [0.25, 0.3) is 0 Å². The molecule has 6 nitrogen and oxygen atoms in total. The summed E-state index contributed by atoms with van der Waals surface area (Å²) >= 11 is 0. The summed E-state index contributed by atoms with van der Waals surface area (Å²) in [5, 5.41) is 1.92. The lowest BCUT2D eigenvalue weighted by Gasteiger charge is -2.21. The summed E-state index contributed by atoms with van der Waals surface area (Å²) in [4.78, 5) is 0.0422. The molecule has 1 aliphatic rings. The molecule has 0 unspecified atom stereocenters. The summed E-state index contributed by atoms with van der Waals surface area (Å²) in [6.45, 7) is 7.59. The molecule has 0 spiro atoms. The summed E-state index contributed by atoms with van der Waals surface area (Å²) in [5.41, 5.74) is 1.72. The zero-order valence-corrected chi connectivity index (χ0v) is 15.7. The number of hydrogen-bond acceptors (Lipinski definition) is 6. The third kappa shape index (κ3) is 3.65. The van der Waals surface area contributed by atoms with Crippen molar-refractivity contribution in [3.8, 4) is 5.75 Å². The van der Waals surface area contributed by atoms with Gasteiger partial charge in [0.05, 0.1) is 23.9 Å². The van der Waals surface area contributed by atoms with Crippen LogP contribution in [0.4, 0.5) is 0 Å². The van der Waals surface area contributed by atoms with E-state index in [-0.39, 0.29) is 22.2 Å². The topological polar surface area (TPSA) is 89.5 Å². The molecule has 1 aromatic carbocycles. The van der Waals surface area contributed by atoms with Crippen molar-refractivity contribution in [3.63, 3.8) is 0 Å². The second kappa shape index (κ2) is 6.85. The van der Waals surface area contributed by atoms with Gasteiger partial charge in [0.2, 0.25) is 0 Å². The first-order valence-electron chi connectivity index (χ1n) is 7.56. The molecule has 0 aliphatic carbocycles. The van der Waals surface area contributed by atoms with Crippen LogP contribution in [0.2, 0.25) is 0 Å². The van der Waals surface area contributed by atoms with Crippen LogP contribution in [0.5, 0.6) is 5.75 Å². The van der Waals surface area contributed by atoms with Gasteiger partial charge in [0.1, 0.15) is 10.6 Å². The van der Waals surface area contributed by atoms with Crippen LogP contribution in [0.3, 0.4) is 0 Å². The highest BCUT2D eigenvalue weighted by molar-refractivity contribution is 7.96. The molecule has 0 bridgehead atoms. The minimum atomic E-state index is -3.87. The zero-order chi connectivity index (χ0) is 18.1. The monoisotopic (exact) mass is 373 g/mol. The van der Waals surface area contributed by atoms with E-state index in [0.29, 0.717) is 6.54 Å². The van der Waals surface area contributed by atoms with Gasteiger partial charge in [0.15, 0.2) is 19.7 Å². The van der Waals surface area contributed by atoms with Crippen molar-refractivity contribution in [3.05, 3.63) is 35.9 Å². The molecule has 2 atom stereocenters. The highest BCUT2D eigenvalue weighted by Gasteiger charge is 2.46. The maximum Gasteiger partial charge on any atom is 0.187 e. The molecule has 1 aromatic rings. The predicted octanol–water partition coefficient (Wildman–Crippen LogP) is 1.03. The van der Waals surface area contributed by atoms with Crippen molar-refractivity contribution in [2.75, 3.05) is 25.2 Å². The molecule has 24 heavy (non-hydrogen) atoms. The van der Waals surface area contributed by atoms with Gasteiger partial charge >= 0.3 is 0 Å². The standard InChI is InChI=1S/C16H23NO5S2/c1-5-6-17-13-9-23(18,19)10-16(13)24(20,21)15-8-12(3)11(2)7-14(15)22-4/h5,7-8,13,16-17H,1,6,9-10H2,2-4H3/t13-,16-/m1/s1. The van der Waals surface area contributed by atoms with Crippen molar-refractivity contribution in [1.82, 2.24) is 5.32 Å². The molecule has 1 heterocycles. The van der Waals surface area contributed by atoms with Gasteiger partial charge in [-0.05, 0) is 37.1 Å². The molecule has 0 radical (unpaired) electrons. The molecule has 1 fully saturated rings. The number of hydrogen-bond donors (Lipinski definition) is 1. The normalized spacial score (nSPS) is 23.1. The van der Waals surface area contributed by atoms with Crippen LogP contribution in [0.15, 0.2) is 29.7 Å². The fourth-order valence-electron chi connectivity index (χ4n) is 2.85. The maximum atomic E-state index is 13.1. The van der Waals surface area contributed by atoms with Crippen molar-refractivity contribution in [2.24, 2.45) is 0 Å². The first kappa shape index (κ1) is 19.0. The van der Waals surface area contributed by atoms with Gasteiger partial charge in [0.25, 0.3) is 0 Å². The Balaban J connectivity index is 2.52. The van der Waals surface area contributed by atoms with Crippen molar-refractivity contribution < 1.29 is 21.6 Å². The predicted molar refractivity (Wildman–Crippen MR) is 94.1 cm³/mol. The van der Waals surface area contributed by atoms with Crippen LogP contribution in [-0.4, -0.2) is 53.3 Å². The molecule has 0 saturated carbocycles. The molecule has 0 aromatic heterocycles. The van der Waals surface area contributed by atoms with E-state index in [1.807, 2.05) is 13.8 Å². The van der Waals surface area contributed by atoms with E-state index in [2.05, 4.69) is 11.9 Å². The highest BCUT2D eigenvalue weighted by Crippen LogP contribution is 2.33. The van der Waals surface area contributed by atoms with E-state index in [0.717, 1.165) is 11.1 Å². The summed E-state index contributed by atoms with van der Waals surface area (Å²) in [7, 11) is -5.89. The van der Waals surface area contributed by atoms with Crippen LogP contribution in [-0.2, 0) is 19.7 Å². The molecular weight excluding hydrogens is 350 g/mol. The van der Waals surface area contributed by atoms with Crippen LogP contribution < -0.4 is 10.1 Å². The smallest absolute Gasteiger partial charge is 0.187 e. The lowest BCUT2D eigenvalue weighted by molar-refractivity contribution is 0.401. The van der Waals surface area contributed by atoms with E-state index < -0.39 is 31.0 Å². The molecule has 1 saturated heterocycles. The van der Waals surface area contributed by atoms with Gasteiger partial charge in [-0.3, -0.25) is 0 Å². The maximum absolute atomic E-state index is 13.1. The van der Waals surface area contributed by atoms with E-state index in [1.165, 1.54) is 7.11 Å². The largest absolute Gasteiger partial charge is 0.495 e. The first-order chi connectivity index (χ1) is 11.1. The molecular formula is C16H23NO5S2. The number of sulfone groups is 2. The Labute approximate surface area is 143 Å². The van der Waals surface area contributed by atoms with Gasteiger partial charge in [0, 0.05) is 12.6 Å². The Morgan fingerprint density at radius 3 is 2.50 bits per heavy atom. The van der Waals surface area contributed by atoms with Gasteiger partial charge < -0.3 is 10.1 Å². The summed E-state index contributed by atoms with van der Waals surface area (Å²) in [5.74, 6) is -0.345. The highest BCUT2D eigenvalue weighted by atomic mass is 32.2. The minimum Gasteiger partial charge on any atom is -0.495 e. The third-order valence-electron chi connectivity index (χ3n) is 4.31. The lowest BCUT2D eigenvalue weighted by Crippen LogP contribution is -2.43. The molecule has 0 amide bonds. The Kier molecular flexibility index (Phi) is 5.41. The molecule has 1 aliphatic heterocycles. The Morgan fingerprint density at radius 2 is 1.92 bits per heavy atom. The van der Waals surface area contributed by atoms with E-state index in [4.69, 9.17) is 4.74 Å². The number of methoxy groups -OCH3 is 1. The quantitative estimate of drug-likeness (QED) is 0.749. The fraction of sp³-hybridized carbons (Fsp3) is 0.500. The fourth-order valence-corrected chi connectivity index (χ4v) is 7.80. The van der Waals surface area contributed by atoms with Crippen LogP contribution in [0, 0.1) is 13.8 Å². The Hall–Kier alpha value is -1.38. The van der Waals surface area contributed by atoms with Crippen molar-refractivity contribution in [2.45, 2.75) is 30.0 Å². The summed E-state index contributed by atoms with van der Waals surface area (Å²) < 4.78 is 55.5. The second-order valence-corrected chi connectivity index (χ2v) is 10.3. The van der Waals surface area contributed by atoms with Gasteiger partial charge in [-0.25, -0.2) is 16.8 Å². The van der Waals surface area contributed by atoms with Gasteiger partial charge in [-0.15, -0.1) is 6.58 Å². The second-order valence-electron chi connectivity index (χ2n) is 6.05. The SMILES string of the molecule is C=CCN[C@@H]1CS(=O)(=O)C[C@H]1S(=O)(=O)c1cc(C)c(C)cc1OC. The first-order valence-corrected chi connectivity index (χ1v) is 10.9. The zero-order valence-electron chi connectivity index (χ0n) is 14.1. The van der Waals surface area contributed by atoms with Crippen LogP contribution in [0.1, 0.15) is 11.1 Å². The number of benzene rings is 1. The number of ether oxygens (including phenoxy) is 1. The molecule has 1 N–H and O–H groups in total. The average Bonchev–Trinajstić information content (AvgIpc) is 2.83. The van der Waals surface area contributed by atoms with E-state index in [1.54, 1.807) is 18.2 Å². The molecule has 134 valence electrons. The number of rotatable bonds is 6. The van der Waals surface area contributed by atoms with Crippen molar-refractivity contribution >= 4 is 19.7 Å². The van der Waals surface area contributed by atoms with Gasteiger partial charge in [-0.2, -0.15) is 0 Å². The third-order valence-corrected chi connectivity index (χ3v) is 8.48. The van der Waals surface area contributed by atoms with Gasteiger partial charge in [-0.1, -0.05) is 6.08 Å².